The molecule has 0 bridgehead atoms. The predicted molar refractivity (Wildman–Crippen MR) is 98.9 cm³/mol. The van der Waals surface area contributed by atoms with Gasteiger partial charge in [0.15, 0.2) is 6.61 Å². The number of hydrogen-bond acceptors (Lipinski definition) is 8. The number of anilines is 1. The van der Waals surface area contributed by atoms with Crippen molar-refractivity contribution in [3.8, 4) is 11.5 Å². The third-order valence-corrected chi connectivity index (χ3v) is 4.76. The van der Waals surface area contributed by atoms with Gasteiger partial charge in [-0.15, -0.1) is 11.3 Å². The molecule has 0 unspecified atom stereocenters. The molecule has 8 nitrogen and oxygen atoms in total. The number of carbonyl (C=O) groups excluding carboxylic acids is 3. The summed E-state index contributed by atoms with van der Waals surface area (Å²) in [6.07, 6.45) is 0. The summed E-state index contributed by atoms with van der Waals surface area (Å²) in [7, 11) is 3.98. The molecule has 0 spiro atoms. The molecule has 9 heteroatoms. The molecule has 0 aliphatic heterocycles. The van der Waals surface area contributed by atoms with Crippen LogP contribution in [0.15, 0.2) is 24.3 Å². The molecule has 27 heavy (non-hydrogen) atoms. The summed E-state index contributed by atoms with van der Waals surface area (Å²) in [4.78, 5) is 36.3. The average Bonchev–Trinajstić information content (AvgIpc) is 3.01. The normalized spacial score (nSPS) is 10.1. The topological polar surface area (TPSA) is 100 Å². The molecule has 0 fully saturated rings. The molecule has 0 aliphatic carbocycles. The van der Waals surface area contributed by atoms with Gasteiger partial charge in [-0.1, -0.05) is 6.07 Å². The Morgan fingerprint density at radius 3 is 2.33 bits per heavy atom. The van der Waals surface area contributed by atoms with E-state index in [2.05, 4.69) is 5.32 Å². The van der Waals surface area contributed by atoms with E-state index in [0.717, 1.165) is 11.3 Å². The molecular weight excluding hydrogens is 374 g/mol. The van der Waals surface area contributed by atoms with Crippen LogP contribution in [-0.4, -0.2) is 45.8 Å². The van der Waals surface area contributed by atoms with E-state index in [1.54, 1.807) is 31.2 Å². The van der Waals surface area contributed by atoms with E-state index in [-0.39, 0.29) is 22.0 Å². The highest BCUT2D eigenvalue weighted by atomic mass is 32.1. The van der Waals surface area contributed by atoms with Gasteiger partial charge >= 0.3 is 11.9 Å². The molecule has 1 aromatic heterocycles. The Hall–Kier alpha value is -3.07. The highest BCUT2D eigenvalue weighted by Crippen LogP contribution is 2.34. The number of hydrogen-bond donors (Lipinski definition) is 1. The van der Waals surface area contributed by atoms with E-state index in [4.69, 9.17) is 18.9 Å². The zero-order chi connectivity index (χ0) is 20.0. The Kier molecular flexibility index (Phi) is 6.78. The Balaban J connectivity index is 2.16. The lowest BCUT2D eigenvalue weighted by molar-refractivity contribution is -0.118. The van der Waals surface area contributed by atoms with E-state index in [9.17, 15) is 14.4 Å². The van der Waals surface area contributed by atoms with Crippen LogP contribution in [0.25, 0.3) is 0 Å². The number of ether oxygens (including phenoxy) is 4. The molecule has 0 saturated heterocycles. The fourth-order valence-corrected chi connectivity index (χ4v) is 3.37. The van der Waals surface area contributed by atoms with Crippen LogP contribution in [0.4, 0.5) is 5.00 Å². The lowest BCUT2D eigenvalue weighted by Crippen LogP contribution is -2.21. The monoisotopic (exact) mass is 393 g/mol. The molecule has 144 valence electrons. The van der Waals surface area contributed by atoms with Gasteiger partial charge in [0.05, 0.1) is 26.9 Å². The van der Waals surface area contributed by atoms with Crippen LogP contribution >= 0.6 is 11.3 Å². The van der Waals surface area contributed by atoms with Crippen molar-refractivity contribution in [2.24, 2.45) is 0 Å². The van der Waals surface area contributed by atoms with Gasteiger partial charge in [-0.05, 0) is 24.6 Å². The maximum Gasteiger partial charge on any atom is 0.348 e. The van der Waals surface area contributed by atoms with Crippen molar-refractivity contribution in [3.05, 3.63) is 40.3 Å². The molecule has 0 aliphatic rings. The van der Waals surface area contributed by atoms with Crippen LogP contribution < -0.4 is 14.8 Å². The highest BCUT2D eigenvalue weighted by Gasteiger charge is 2.26. The number of amides is 1. The van der Waals surface area contributed by atoms with E-state index < -0.39 is 17.8 Å². The summed E-state index contributed by atoms with van der Waals surface area (Å²) in [5, 5.41) is 2.77. The second kappa shape index (κ2) is 9.04. The molecule has 0 saturated carbocycles. The largest absolute Gasteiger partial charge is 0.497 e. The third kappa shape index (κ3) is 4.76. The molecule has 1 aromatic carbocycles. The minimum absolute atomic E-state index is 0.109. The first-order chi connectivity index (χ1) is 12.9. The summed E-state index contributed by atoms with van der Waals surface area (Å²) < 4.78 is 19.9. The SMILES string of the molecule is COC(=O)c1sc(NC(=O)COc2cccc(OC)c2)c(C(=O)OC)c1C. The van der Waals surface area contributed by atoms with Crippen LogP contribution in [0.2, 0.25) is 0 Å². The van der Waals surface area contributed by atoms with Crippen molar-refractivity contribution in [1.82, 2.24) is 0 Å². The zero-order valence-electron chi connectivity index (χ0n) is 15.3. The van der Waals surface area contributed by atoms with E-state index >= 15 is 0 Å². The van der Waals surface area contributed by atoms with Gasteiger partial charge in [0.1, 0.15) is 21.4 Å². The van der Waals surface area contributed by atoms with Gasteiger partial charge in [-0.3, -0.25) is 4.79 Å². The Bertz CT molecular complexity index is 859. The van der Waals surface area contributed by atoms with Crippen molar-refractivity contribution in [2.45, 2.75) is 6.92 Å². The zero-order valence-corrected chi connectivity index (χ0v) is 16.1. The Morgan fingerprint density at radius 1 is 1.04 bits per heavy atom. The number of nitrogens with one attached hydrogen (secondary N) is 1. The first-order valence-corrected chi connectivity index (χ1v) is 8.59. The second-order valence-corrected chi connectivity index (χ2v) is 6.28. The van der Waals surface area contributed by atoms with Crippen LogP contribution in [0.3, 0.4) is 0 Å². The van der Waals surface area contributed by atoms with Crippen molar-refractivity contribution in [1.29, 1.82) is 0 Å². The van der Waals surface area contributed by atoms with Crippen LogP contribution in [0.1, 0.15) is 25.6 Å². The number of thiophene rings is 1. The molecular formula is C18H19NO7S. The first-order valence-electron chi connectivity index (χ1n) is 7.78. The number of rotatable bonds is 7. The van der Waals surface area contributed by atoms with E-state index in [1.165, 1.54) is 21.3 Å². The molecule has 1 heterocycles. The molecule has 2 rings (SSSR count). The Morgan fingerprint density at radius 2 is 1.70 bits per heavy atom. The molecule has 0 radical (unpaired) electrons. The maximum atomic E-state index is 12.2. The summed E-state index contributed by atoms with van der Waals surface area (Å²) >= 11 is 0.936. The Labute approximate surface area is 160 Å². The number of benzene rings is 1. The van der Waals surface area contributed by atoms with Crippen molar-refractivity contribution in [2.75, 3.05) is 33.3 Å². The highest BCUT2D eigenvalue weighted by molar-refractivity contribution is 7.18. The molecule has 1 N–H and O–H groups in total. The molecule has 2 aromatic rings. The summed E-state index contributed by atoms with van der Waals surface area (Å²) in [5.41, 5.74) is 0.486. The quantitative estimate of drug-likeness (QED) is 0.722. The summed E-state index contributed by atoms with van der Waals surface area (Å²) in [6, 6.07) is 6.79. The molecule has 0 atom stereocenters. The van der Waals surface area contributed by atoms with Gasteiger partial charge in [-0.25, -0.2) is 9.59 Å². The van der Waals surface area contributed by atoms with E-state index in [1.807, 2.05) is 0 Å². The second-order valence-electron chi connectivity index (χ2n) is 5.26. The van der Waals surface area contributed by atoms with Crippen LogP contribution in [-0.2, 0) is 14.3 Å². The van der Waals surface area contributed by atoms with E-state index in [0.29, 0.717) is 17.1 Å². The average molecular weight is 393 g/mol. The van der Waals surface area contributed by atoms with Crippen molar-refractivity contribution in [3.63, 3.8) is 0 Å². The van der Waals surface area contributed by atoms with Gasteiger partial charge in [0.25, 0.3) is 5.91 Å². The van der Waals surface area contributed by atoms with Crippen molar-refractivity contribution < 1.29 is 33.3 Å². The smallest absolute Gasteiger partial charge is 0.348 e. The number of esters is 2. The van der Waals surface area contributed by atoms with Crippen LogP contribution in [0.5, 0.6) is 11.5 Å². The predicted octanol–water partition coefficient (Wildman–Crippen LogP) is 2.66. The molecule has 1 amide bonds. The van der Waals surface area contributed by atoms with Gasteiger partial charge in [0.2, 0.25) is 0 Å². The minimum Gasteiger partial charge on any atom is -0.497 e. The number of carbonyl (C=O) groups is 3. The fourth-order valence-electron chi connectivity index (χ4n) is 2.24. The van der Waals surface area contributed by atoms with Gasteiger partial charge in [0, 0.05) is 6.07 Å². The van der Waals surface area contributed by atoms with Gasteiger partial charge in [-0.2, -0.15) is 0 Å². The summed E-state index contributed by atoms with van der Waals surface area (Å²) in [5.74, 6) is -0.716. The minimum atomic E-state index is -0.664. The van der Waals surface area contributed by atoms with Crippen molar-refractivity contribution >= 4 is 34.2 Å². The first kappa shape index (κ1) is 20.2. The van der Waals surface area contributed by atoms with Crippen LogP contribution in [0, 0.1) is 6.92 Å². The lowest BCUT2D eigenvalue weighted by atomic mass is 10.1. The maximum absolute atomic E-state index is 12.2. The van der Waals surface area contributed by atoms with Gasteiger partial charge < -0.3 is 24.3 Å². The standard InChI is InChI=1S/C18H19NO7S/c1-10-14(17(21)24-3)16(27-15(10)18(22)25-4)19-13(20)9-26-12-7-5-6-11(8-12)23-2/h5-8H,9H2,1-4H3,(H,19,20). The summed E-state index contributed by atoms with van der Waals surface area (Å²) in [6.45, 7) is 1.29. The third-order valence-electron chi connectivity index (χ3n) is 3.57. The fraction of sp³-hybridized carbons (Fsp3) is 0.278. The lowest BCUT2D eigenvalue weighted by Gasteiger charge is -2.09. The number of methoxy groups -OCH3 is 3.